The molecule has 4 heteroatoms. The number of hydrogen-bond acceptors (Lipinski definition) is 4. The topological polar surface area (TPSA) is 57.9 Å². The molecule has 2 unspecified atom stereocenters. The van der Waals surface area contributed by atoms with Gasteiger partial charge in [-0.1, -0.05) is 0 Å². The number of rotatable bonds is 2. The molecule has 1 aliphatic rings. The molecule has 1 aromatic heterocycles. The average molecular weight is 217 g/mol. The fraction of sp³-hybridized carbons (Fsp3) is 0.500. The Morgan fingerprint density at radius 3 is 3.12 bits per heavy atom. The predicted molar refractivity (Wildman–Crippen MR) is 61.0 cm³/mol. The van der Waals surface area contributed by atoms with Crippen LogP contribution in [-0.2, 0) is 4.74 Å². The number of nitriles is 1. The van der Waals surface area contributed by atoms with Gasteiger partial charge in [-0.3, -0.25) is 4.98 Å². The molecule has 0 spiro atoms. The first kappa shape index (κ1) is 10.9. The Labute approximate surface area is 95.3 Å². The van der Waals surface area contributed by atoms with Gasteiger partial charge < -0.3 is 10.1 Å². The fourth-order valence-electron chi connectivity index (χ4n) is 1.90. The summed E-state index contributed by atoms with van der Waals surface area (Å²) in [5, 5.41) is 12.4. The summed E-state index contributed by atoms with van der Waals surface area (Å²) in [7, 11) is 0. The van der Waals surface area contributed by atoms with Crippen molar-refractivity contribution in [1.29, 1.82) is 5.26 Å². The van der Waals surface area contributed by atoms with Crippen molar-refractivity contribution in [3.8, 4) is 6.07 Å². The van der Waals surface area contributed by atoms with E-state index in [2.05, 4.69) is 23.3 Å². The van der Waals surface area contributed by atoms with E-state index in [-0.39, 0.29) is 11.6 Å². The van der Waals surface area contributed by atoms with E-state index in [1.807, 2.05) is 6.92 Å². The molecule has 2 heterocycles. The summed E-state index contributed by atoms with van der Waals surface area (Å²) in [6.45, 7) is 4.91. The lowest BCUT2D eigenvalue weighted by Gasteiger charge is -2.30. The van der Waals surface area contributed by atoms with Gasteiger partial charge in [0.1, 0.15) is 6.07 Å². The van der Waals surface area contributed by atoms with Crippen LogP contribution in [0.2, 0.25) is 0 Å². The predicted octanol–water partition coefficient (Wildman–Crippen LogP) is 1.93. The van der Waals surface area contributed by atoms with E-state index in [1.165, 1.54) is 0 Å². The summed E-state index contributed by atoms with van der Waals surface area (Å²) in [5.74, 6) is 0. The van der Waals surface area contributed by atoms with Gasteiger partial charge in [0.2, 0.25) is 0 Å². The van der Waals surface area contributed by atoms with E-state index in [1.54, 1.807) is 18.5 Å². The molecule has 0 radical (unpaired) electrons. The zero-order chi connectivity index (χ0) is 11.6. The van der Waals surface area contributed by atoms with Crippen molar-refractivity contribution < 1.29 is 4.74 Å². The third-order valence-electron chi connectivity index (χ3n) is 3.25. The minimum Gasteiger partial charge on any atom is -0.376 e. The SMILES string of the molecule is CC1OCCC1(C)Nc1cnccc1C#N. The Morgan fingerprint density at radius 2 is 2.50 bits per heavy atom. The van der Waals surface area contributed by atoms with Crippen molar-refractivity contribution >= 4 is 5.69 Å². The van der Waals surface area contributed by atoms with Gasteiger partial charge in [0.15, 0.2) is 0 Å². The zero-order valence-corrected chi connectivity index (χ0v) is 9.53. The first-order valence-electron chi connectivity index (χ1n) is 5.39. The molecule has 0 bridgehead atoms. The maximum absolute atomic E-state index is 8.99. The number of ether oxygens (including phenoxy) is 1. The maximum Gasteiger partial charge on any atom is 0.101 e. The minimum atomic E-state index is -0.116. The molecule has 4 nitrogen and oxygen atoms in total. The number of pyridine rings is 1. The van der Waals surface area contributed by atoms with Gasteiger partial charge in [-0.2, -0.15) is 5.26 Å². The van der Waals surface area contributed by atoms with E-state index in [9.17, 15) is 0 Å². The second-order valence-electron chi connectivity index (χ2n) is 4.34. The van der Waals surface area contributed by atoms with E-state index in [0.717, 1.165) is 18.7 Å². The number of anilines is 1. The Morgan fingerprint density at radius 1 is 1.69 bits per heavy atom. The molecule has 1 N–H and O–H groups in total. The molecule has 2 rings (SSSR count). The normalized spacial score (nSPS) is 28.7. The summed E-state index contributed by atoms with van der Waals surface area (Å²) < 4.78 is 5.55. The van der Waals surface area contributed by atoms with Crippen LogP contribution in [-0.4, -0.2) is 23.2 Å². The summed E-state index contributed by atoms with van der Waals surface area (Å²) in [6.07, 6.45) is 4.39. The highest BCUT2D eigenvalue weighted by Gasteiger charge is 2.37. The van der Waals surface area contributed by atoms with E-state index in [0.29, 0.717) is 5.56 Å². The van der Waals surface area contributed by atoms with Crippen molar-refractivity contribution in [2.24, 2.45) is 0 Å². The van der Waals surface area contributed by atoms with Crippen LogP contribution in [0.4, 0.5) is 5.69 Å². The Kier molecular flexibility index (Phi) is 2.80. The molecule has 1 fully saturated rings. The number of hydrogen-bond donors (Lipinski definition) is 1. The van der Waals surface area contributed by atoms with Gasteiger partial charge in [0, 0.05) is 12.8 Å². The van der Waals surface area contributed by atoms with E-state index in [4.69, 9.17) is 10.00 Å². The van der Waals surface area contributed by atoms with Crippen molar-refractivity contribution in [1.82, 2.24) is 4.98 Å². The molecule has 16 heavy (non-hydrogen) atoms. The highest BCUT2D eigenvalue weighted by Crippen LogP contribution is 2.30. The second-order valence-corrected chi connectivity index (χ2v) is 4.34. The van der Waals surface area contributed by atoms with Crippen LogP contribution >= 0.6 is 0 Å². The van der Waals surface area contributed by atoms with Gasteiger partial charge in [-0.25, -0.2) is 0 Å². The van der Waals surface area contributed by atoms with Crippen molar-refractivity contribution in [2.45, 2.75) is 31.9 Å². The van der Waals surface area contributed by atoms with Gasteiger partial charge in [-0.05, 0) is 26.3 Å². The van der Waals surface area contributed by atoms with Crippen molar-refractivity contribution in [2.75, 3.05) is 11.9 Å². The molecule has 1 saturated heterocycles. The molecule has 0 aliphatic carbocycles. The highest BCUT2D eigenvalue weighted by molar-refractivity contribution is 5.57. The summed E-state index contributed by atoms with van der Waals surface area (Å²) in [4.78, 5) is 4.04. The molecular weight excluding hydrogens is 202 g/mol. The average Bonchev–Trinajstić information content (AvgIpc) is 2.60. The Balaban J connectivity index is 2.24. The monoisotopic (exact) mass is 217 g/mol. The Hall–Kier alpha value is -1.60. The summed E-state index contributed by atoms with van der Waals surface area (Å²) in [6, 6.07) is 3.87. The first-order valence-corrected chi connectivity index (χ1v) is 5.39. The third-order valence-corrected chi connectivity index (χ3v) is 3.25. The van der Waals surface area contributed by atoms with Crippen LogP contribution < -0.4 is 5.32 Å². The molecule has 1 aliphatic heterocycles. The highest BCUT2D eigenvalue weighted by atomic mass is 16.5. The molecule has 1 aromatic rings. The lowest BCUT2D eigenvalue weighted by Crippen LogP contribution is -2.41. The lowest BCUT2D eigenvalue weighted by atomic mass is 9.94. The van der Waals surface area contributed by atoms with Crippen molar-refractivity contribution in [3.63, 3.8) is 0 Å². The summed E-state index contributed by atoms with van der Waals surface area (Å²) in [5.41, 5.74) is 1.29. The maximum atomic E-state index is 8.99. The van der Waals surface area contributed by atoms with Crippen LogP contribution in [0.3, 0.4) is 0 Å². The number of nitrogens with one attached hydrogen (secondary N) is 1. The number of nitrogens with zero attached hydrogens (tertiary/aromatic N) is 2. The van der Waals surface area contributed by atoms with Gasteiger partial charge in [0.05, 0.1) is 29.1 Å². The van der Waals surface area contributed by atoms with Gasteiger partial charge >= 0.3 is 0 Å². The van der Waals surface area contributed by atoms with Crippen LogP contribution in [0.1, 0.15) is 25.8 Å². The van der Waals surface area contributed by atoms with Gasteiger partial charge in [0.25, 0.3) is 0 Å². The molecule has 84 valence electrons. The van der Waals surface area contributed by atoms with Crippen LogP contribution in [0.5, 0.6) is 0 Å². The molecule has 0 amide bonds. The van der Waals surface area contributed by atoms with E-state index >= 15 is 0 Å². The Bertz CT molecular complexity index is 427. The molecule has 0 aromatic carbocycles. The molecule has 0 saturated carbocycles. The van der Waals surface area contributed by atoms with E-state index < -0.39 is 0 Å². The quantitative estimate of drug-likeness (QED) is 0.822. The molecular formula is C12H15N3O. The standard InChI is InChI=1S/C12H15N3O/c1-9-12(2,4-6-16-9)15-11-8-14-5-3-10(11)7-13/h3,5,8-9,15H,4,6H2,1-2H3. The zero-order valence-electron chi connectivity index (χ0n) is 9.53. The third kappa shape index (κ3) is 1.86. The largest absolute Gasteiger partial charge is 0.376 e. The van der Waals surface area contributed by atoms with Crippen LogP contribution in [0.15, 0.2) is 18.5 Å². The first-order chi connectivity index (χ1) is 7.65. The number of aromatic nitrogens is 1. The second kappa shape index (κ2) is 4.11. The fourth-order valence-corrected chi connectivity index (χ4v) is 1.90. The van der Waals surface area contributed by atoms with Crippen LogP contribution in [0, 0.1) is 11.3 Å². The summed E-state index contributed by atoms with van der Waals surface area (Å²) >= 11 is 0. The minimum absolute atomic E-state index is 0.116. The smallest absolute Gasteiger partial charge is 0.101 e. The van der Waals surface area contributed by atoms with Gasteiger partial charge in [-0.15, -0.1) is 0 Å². The molecule has 2 atom stereocenters. The van der Waals surface area contributed by atoms with Crippen molar-refractivity contribution in [3.05, 3.63) is 24.0 Å². The lowest BCUT2D eigenvalue weighted by molar-refractivity contribution is 0.105. The van der Waals surface area contributed by atoms with Crippen LogP contribution in [0.25, 0.3) is 0 Å².